The van der Waals surface area contributed by atoms with Crippen molar-refractivity contribution in [3.05, 3.63) is 53.3 Å². The molecule has 9 nitrogen and oxygen atoms in total. The van der Waals surface area contributed by atoms with Crippen molar-refractivity contribution >= 4 is 45.0 Å². The van der Waals surface area contributed by atoms with Crippen LogP contribution in [0, 0.1) is 6.92 Å². The van der Waals surface area contributed by atoms with Gasteiger partial charge in [-0.05, 0) is 32.0 Å². The van der Waals surface area contributed by atoms with Crippen LogP contribution in [0.1, 0.15) is 28.0 Å². The summed E-state index contributed by atoms with van der Waals surface area (Å²) in [7, 11) is 4.03. The first kappa shape index (κ1) is 21.6. The van der Waals surface area contributed by atoms with Gasteiger partial charge in [-0.3, -0.25) is 9.69 Å². The molecular weight excluding hydrogens is 472 g/mol. The minimum Gasteiger partial charge on any atom is -0.337 e. The maximum absolute atomic E-state index is 12.4. The van der Waals surface area contributed by atoms with Gasteiger partial charge < -0.3 is 15.1 Å². The molecule has 2 bridgehead atoms. The molecule has 1 amide bonds. The van der Waals surface area contributed by atoms with Crippen molar-refractivity contribution < 1.29 is 4.79 Å². The van der Waals surface area contributed by atoms with Crippen molar-refractivity contribution in [3.63, 3.8) is 0 Å². The molecule has 10 heteroatoms. The van der Waals surface area contributed by atoms with Crippen molar-refractivity contribution in [1.82, 2.24) is 29.7 Å². The topological polar surface area (TPSA) is 90.4 Å². The van der Waals surface area contributed by atoms with Gasteiger partial charge in [0.05, 0.1) is 10.2 Å². The lowest BCUT2D eigenvalue weighted by molar-refractivity contribution is 0.0816. The zero-order chi connectivity index (χ0) is 24.6. The monoisotopic (exact) mass is 498 g/mol. The van der Waals surface area contributed by atoms with Gasteiger partial charge in [0, 0.05) is 73.9 Å². The fourth-order valence-electron chi connectivity index (χ4n) is 5.68. The number of fused-ring (bicyclic) bond motifs is 4. The summed E-state index contributed by atoms with van der Waals surface area (Å²) >= 11 is 1.60. The second kappa shape index (κ2) is 7.94. The molecule has 0 aliphatic carbocycles. The third kappa shape index (κ3) is 3.43. The number of anilines is 3. The molecule has 0 unspecified atom stereocenters. The van der Waals surface area contributed by atoms with E-state index < -0.39 is 0 Å². The number of likely N-dealkylation sites (tertiary alicyclic amines) is 1. The maximum Gasteiger partial charge on any atom is 0.254 e. The van der Waals surface area contributed by atoms with Crippen LogP contribution in [0.15, 0.2) is 36.5 Å². The third-order valence-electron chi connectivity index (χ3n) is 7.52. The average Bonchev–Trinajstić information content (AvgIpc) is 3.61. The number of carbonyl (C=O) groups excluding carboxylic acids is 1. The summed E-state index contributed by atoms with van der Waals surface area (Å²) in [6.07, 6.45) is 3.03. The highest BCUT2D eigenvalue weighted by atomic mass is 32.1. The highest BCUT2D eigenvalue weighted by molar-refractivity contribution is 7.21. The van der Waals surface area contributed by atoms with Crippen LogP contribution in [0.5, 0.6) is 0 Å². The maximum atomic E-state index is 12.4. The fourth-order valence-corrected chi connectivity index (χ4v) is 6.65. The van der Waals surface area contributed by atoms with Crippen LogP contribution in [0.25, 0.3) is 20.8 Å². The normalized spacial score (nSPS) is 21.1. The van der Waals surface area contributed by atoms with Crippen LogP contribution < -0.4 is 10.2 Å². The number of amides is 1. The molecule has 6 heterocycles. The summed E-state index contributed by atoms with van der Waals surface area (Å²) < 4.78 is 1.00. The van der Waals surface area contributed by atoms with E-state index >= 15 is 0 Å². The van der Waals surface area contributed by atoms with E-state index in [1.54, 1.807) is 16.2 Å². The molecule has 182 valence electrons. The molecule has 1 aromatic carbocycles. The van der Waals surface area contributed by atoms with E-state index in [9.17, 15) is 4.79 Å². The quantitative estimate of drug-likeness (QED) is 0.456. The van der Waals surface area contributed by atoms with E-state index in [1.165, 1.54) is 6.42 Å². The van der Waals surface area contributed by atoms with E-state index in [4.69, 9.17) is 15.0 Å². The molecule has 0 spiro atoms. The molecule has 4 aromatic rings. The lowest BCUT2D eigenvalue weighted by Gasteiger charge is -2.32. The standard InChI is InChI=1S/C26H26N8OS/c1-14-7-23(31-26(28-14)34-12-15-8-16(34)11-32(15)2)30-22-9-20-21(10-27-22)36-24(29-20)17-5-4-6-18-19(17)13-33(3)25(18)35/h4-7,9-10,15-16H,8,11-13H2,1-3H3,(H,27,28,30,31)/t15-,16-/m0/s1. The lowest BCUT2D eigenvalue weighted by Crippen LogP contribution is -2.45. The van der Waals surface area contributed by atoms with Gasteiger partial charge in [-0.1, -0.05) is 12.1 Å². The number of hydrogen-bond donors (Lipinski definition) is 1. The molecule has 0 saturated carbocycles. The molecule has 1 N–H and O–H groups in total. The smallest absolute Gasteiger partial charge is 0.254 e. The van der Waals surface area contributed by atoms with Crippen molar-refractivity contribution in [1.29, 1.82) is 0 Å². The SMILES string of the molecule is Cc1cc(Nc2cc3nc(-c4cccc5c4CN(C)C5=O)sc3cn2)nc(N2C[C@@H]3C[C@H]2CN3C)n1. The Morgan fingerprint density at radius 1 is 1.03 bits per heavy atom. The number of nitrogens with one attached hydrogen (secondary N) is 1. The van der Waals surface area contributed by atoms with Gasteiger partial charge >= 0.3 is 0 Å². The number of pyridine rings is 1. The van der Waals surface area contributed by atoms with Crippen LogP contribution in [0.3, 0.4) is 0 Å². The first-order valence-electron chi connectivity index (χ1n) is 12.2. The Morgan fingerprint density at radius 2 is 1.89 bits per heavy atom. The number of rotatable bonds is 4. The molecule has 3 aromatic heterocycles. The summed E-state index contributed by atoms with van der Waals surface area (Å²) in [4.78, 5) is 38.0. The molecule has 2 atom stereocenters. The predicted molar refractivity (Wildman–Crippen MR) is 141 cm³/mol. The summed E-state index contributed by atoms with van der Waals surface area (Å²) in [6.45, 7) is 4.64. The van der Waals surface area contributed by atoms with Crippen molar-refractivity contribution in [2.24, 2.45) is 0 Å². The van der Waals surface area contributed by atoms with Crippen molar-refractivity contribution in [2.45, 2.75) is 32.0 Å². The van der Waals surface area contributed by atoms with Crippen molar-refractivity contribution in [3.8, 4) is 10.6 Å². The number of carbonyl (C=O) groups is 1. The summed E-state index contributed by atoms with van der Waals surface area (Å²) in [6, 6.07) is 10.8. The van der Waals surface area contributed by atoms with Gasteiger partial charge in [0.1, 0.15) is 16.6 Å². The Hall–Kier alpha value is -3.63. The number of likely N-dealkylation sites (N-methyl/N-ethyl adjacent to an activating group) is 1. The molecule has 7 rings (SSSR count). The van der Waals surface area contributed by atoms with Gasteiger partial charge in [-0.2, -0.15) is 4.98 Å². The molecule has 2 fully saturated rings. The van der Waals surface area contributed by atoms with Crippen LogP contribution >= 0.6 is 11.3 Å². The highest BCUT2D eigenvalue weighted by Crippen LogP contribution is 2.37. The van der Waals surface area contributed by atoms with Gasteiger partial charge in [-0.15, -0.1) is 11.3 Å². The second-order valence-electron chi connectivity index (χ2n) is 10.0. The van der Waals surface area contributed by atoms with E-state index in [0.717, 1.165) is 62.5 Å². The first-order chi connectivity index (χ1) is 17.4. The third-order valence-corrected chi connectivity index (χ3v) is 8.56. The minimum absolute atomic E-state index is 0.0643. The largest absolute Gasteiger partial charge is 0.337 e. The van der Waals surface area contributed by atoms with E-state index in [2.05, 4.69) is 27.1 Å². The van der Waals surface area contributed by atoms with Gasteiger partial charge in [0.2, 0.25) is 5.95 Å². The molecule has 3 aliphatic rings. The van der Waals surface area contributed by atoms with Gasteiger partial charge in [0.25, 0.3) is 5.91 Å². The zero-order valence-corrected chi connectivity index (χ0v) is 21.2. The van der Waals surface area contributed by atoms with Crippen LogP contribution in [-0.2, 0) is 6.54 Å². The molecule has 36 heavy (non-hydrogen) atoms. The summed E-state index contributed by atoms with van der Waals surface area (Å²) in [5, 5.41) is 4.27. The van der Waals surface area contributed by atoms with E-state index in [1.807, 2.05) is 50.5 Å². The number of benzene rings is 1. The number of hydrogen-bond acceptors (Lipinski definition) is 9. The molecule has 3 aliphatic heterocycles. The van der Waals surface area contributed by atoms with Crippen molar-refractivity contribution in [2.75, 3.05) is 37.4 Å². The number of piperazine rings is 1. The van der Waals surface area contributed by atoms with Crippen LogP contribution in [0.4, 0.5) is 17.6 Å². The highest BCUT2D eigenvalue weighted by Gasteiger charge is 2.42. The minimum atomic E-state index is 0.0643. The number of thiazole rings is 1. The zero-order valence-electron chi connectivity index (χ0n) is 20.4. The Bertz CT molecular complexity index is 1530. The summed E-state index contributed by atoms with van der Waals surface area (Å²) in [5.74, 6) is 2.28. The molecule has 0 radical (unpaired) electrons. The summed E-state index contributed by atoms with van der Waals surface area (Å²) in [5.41, 5.74) is 4.62. The lowest BCUT2D eigenvalue weighted by atomic mass is 10.0. The number of aromatic nitrogens is 4. The predicted octanol–water partition coefficient (Wildman–Crippen LogP) is 3.68. The number of aryl methyl sites for hydroxylation is 1. The second-order valence-corrected chi connectivity index (χ2v) is 11.0. The Balaban J connectivity index is 1.18. The van der Waals surface area contributed by atoms with E-state index in [-0.39, 0.29) is 5.91 Å². The fraction of sp³-hybridized carbons (Fsp3) is 0.346. The van der Waals surface area contributed by atoms with Gasteiger partial charge in [0.15, 0.2) is 0 Å². The van der Waals surface area contributed by atoms with Gasteiger partial charge in [-0.25, -0.2) is 15.0 Å². The molecular formula is C26H26N8OS. The van der Waals surface area contributed by atoms with Crippen LogP contribution in [0.2, 0.25) is 0 Å². The molecule has 2 saturated heterocycles. The first-order valence-corrected chi connectivity index (χ1v) is 13.0. The van der Waals surface area contributed by atoms with E-state index in [0.29, 0.717) is 24.4 Å². The Morgan fingerprint density at radius 3 is 2.69 bits per heavy atom. The average molecular weight is 499 g/mol. The Kier molecular flexibility index (Phi) is 4.77. The van der Waals surface area contributed by atoms with Crippen LogP contribution in [-0.4, -0.2) is 74.9 Å². The Labute approximate surface area is 212 Å². The number of nitrogens with zero attached hydrogens (tertiary/aromatic N) is 7.